The number of carbonyl (C=O) groups excluding carboxylic acids is 1. The molecule has 2 heterocycles. The molecule has 23 heavy (non-hydrogen) atoms. The second-order valence-corrected chi connectivity index (χ2v) is 7.51. The third-order valence-corrected chi connectivity index (χ3v) is 5.27. The number of nitrogens with zero attached hydrogens (tertiary/aromatic N) is 2. The molecule has 1 fully saturated rings. The van der Waals surface area contributed by atoms with Crippen molar-refractivity contribution in [1.82, 2.24) is 9.80 Å². The number of hydrogen-bond donors (Lipinski definition) is 1. The van der Waals surface area contributed by atoms with Crippen LogP contribution in [0, 0.1) is 6.92 Å². The number of hydrogen-bond acceptors (Lipinski definition) is 3. The number of aryl methyl sites for hydroxylation is 1. The van der Waals surface area contributed by atoms with E-state index >= 15 is 0 Å². The Balaban J connectivity index is 1.50. The van der Waals surface area contributed by atoms with E-state index in [2.05, 4.69) is 16.3 Å². The molecule has 1 saturated heterocycles. The molecule has 1 aliphatic heterocycles. The van der Waals surface area contributed by atoms with Crippen molar-refractivity contribution in [3.63, 3.8) is 0 Å². The Labute approximate surface area is 145 Å². The summed E-state index contributed by atoms with van der Waals surface area (Å²) in [5.41, 5.74) is 1.96. The fraction of sp³-hybridized carbons (Fsp3) is 0.353. The zero-order chi connectivity index (χ0) is 16.2. The summed E-state index contributed by atoms with van der Waals surface area (Å²) in [6, 6.07) is 11.8. The van der Waals surface area contributed by atoms with Crippen molar-refractivity contribution in [1.29, 1.82) is 0 Å². The van der Waals surface area contributed by atoms with E-state index < -0.39 is 0 Å². The van der Waals surface area contributed by atoms with Crippen LogP contribution >= 0.6 is 22.9 Å². The maximum Gasteiger partial charge on any atom is 0.321 e. The molecule has 1 aromatic carbocycles. The predicted octanol–water partition coefficient (Wildman–Crippen LogP) is 4.06. The molecule has 0 bridgehead atoms. The largest absolute Gasteiger partial charge is 0.322 e. The van der Waals surface area contributed by atoms with E-state index in [-0.39, 0.29) is 6.03 Å². The number of para-hydroxylation sites is 1. The maximum absolute atomic E-state index is 12.4. The lowest BCUT2D eigenvalue weighted by Crippen LogP contribution is -2.49. The Morgan fingerprint density at radius 1 is 1.17 bits per heavy atom. The van der Waals surface area contributed by atoms with Crippen LogP contribution in [-0.2, 0) is 6.54 Å². The molecule has 1 aliphatic rings. The van der Waals surface area contributed by atoms with Crippen molar-refractivity contribution in [3.05, 3.63) is 51.2 Å². The molecule has 0 unspecified atom stereocenters. The lowest BCUT2D eigenvalue weighted by Gasteiger charge is -2.34. The molecule has 122 valence electrons. The molecule has 0 atom stereocenters. The van der Waals surface area contributed by atoms with Crippen LogP contribution < -0.4 is 5.32 Å². The molecule has 1 aromatic heterocycles. The van der Waals surface area contributed by atoms with E-state index in [0.717, 1.165) is 48.3 Å². The zero-order valence-electron chi connectivity index (χ0n) is 13.1. The van der Waals surface area contributed by atoms with Gasteiger partial charge in [0.25, 0.3) is 0 Å². The first-order valence-electron chi connectivity index (χ1n) is 7.70. The van der Waals surface area contributed by atoms with E-state index in [4.69, 9.17) is 11.6 Å². The minimum atomic E-state index is -0.0156. The highest BCUT2D eigenvalue weighted by molar-refractivity contribution is 7.16. The average molecular weight is 350 g/mol. The van der Waals surface area contributed by atoms with Gasteiger partial charge in [0.15, 0.2) is 0 Å². The first-order chi connectivity index (χ1) is 11.1. The summed E-state index contributed by atoms with van der Waals surface area (Å²) in [4.78, 5) is 17.9. The molecule has 4 nitrogen and oxygen atoms in total. The van der Waals surface area contributed by atoms with Crippen LogP contribution in [0.1, 0.15) is 10.4 Å². The molecule has 0 aliphatic carbocycles. The Hall–Kier alpha value is -1.56. The van der Waals surface area contributed by atoms with Gasteiger partial charge >= 0.3 is 6.03 Å². The van der Waals surface area contributed by atoms with Gasteiger partial charge in [0.2, 0.25) is 0 Å². The molecular formula is C17H20ClN3OS. The SMILES string of the molecule is Cc1ccccc1NC(=O)N1CCN(Cc2ccc(Cl)s2)CC1. The van der Waals surface area contributed by atoms with Crippen molar-refractivity contribution in [2.45, 2.75) is 13.5 Å². The monoisotopic (exact) mass is 349 g/mol. The Bertz CT molecular complexity index is 680. The molecule has 0 radical (unpaired) electrons. The molecule has 1 N–H and O–H groups in total. The van der Waals surface area contributed by atoms with Crippen molar-refractivity contribution in [3.8, 4) is 0 Å². The molecule has 6 heteroatoms. The summed E-state index contributed by atoms with van der Waals surface area (Å²) in [6.07, 6.45) is 0. The van der Waals surface area contributed by atoms with Gasteiger partial charge in [-0.05, 0) is 30.7 Å². The number of thiophene rings is 1. The van der Waals surface area contributed by atoms with Crippen molar-refractivity contribution in [2.75, 3.05) is 31.5 Å². The first-order valence-corrected chi connectivity index (χ1v) is 8.89. The second kappa shape index (κ2) is 7.34. The lowest BCUT2D eigenvalue weighted by molar-refractivity contribution is 0.143. The van der Waals surface area contributed by atoms with Gasteiger partial charge in [0, 0.05) is 43.3 Å². The van der Waals surface area contributed by atoms with Crippen LogP contribution in [0.15, 0.2) is 36.4 Å². The summed E-state index contributed by atoms with van der Waals surface area (Å²) >= 11 is 7.59. The average Bonchev–Trinajstić information content (AvgIpc) is 2.95. The first kappa shape index (κ1) is 16.3. The van der Waals surface area contributed by atoms with Gasteiger partial charge in [-0.3, -0.25) is 4.90 Å². The smallest absolute Gasteiger partial charge is 0.321 e. The van der Waals surface area contributed by atoms with Crippen molar-refractivity contribution >= 4 is 34.7 Å². The normalized spacial score (nSPS) is 15.7. The number of carbonyl (C=O) groups is 1. The predicted molar refractivity (Wildman–Crippen MR) is 96.4 cm³/mol. The number of amides is 2. The Morgan fingerprint density at radius 3 is 2.57 bits per heavy atom. The highest BCUT2D eigenvalue weighted by Gasteiger charge is 2.21. The lowest BCUT2D eigenvalue weighted by atomic mass is 10.2. The van der Waals surface area contributed by atoms with Crippen molar-refractivity contribution in [2.24, 2.45) is 0 Å². The van der Waals surface area contributed by atoms with Gasteiger partial charge in [-0.2, -0.15) is 0 Å². The molecule has 3 rings (SSSR count). The van der Waals surface area contributed by atoms with Crippen molar-refractivity contribution < 1.29 is 4.79 Å². The van der Waals surface area contributed by atoms with E-state index in [0.29, 0.717) is 0 Å². The number of benzene rings is 1. The highest BCUT2D eigenvalue weighted by Crippen LogP contribution is 2.23. The quantitative estimate of drug-likeness (QED) is 0.907. The topological polar surface area (TPSA) is 35.6 Å². The third-order valence-electron chi connectivity index (χ3n) is 4.05. The van der Waals surface area contributed by atoms with Crippen LogP contribution in [0.3, 0.4) is 0 Å². The number of halogens is 1. The Morgan fingerprint density at radius 2 is 1.91 bits per heavy atom. The van der Waals surface area contributed by atoms with Crippen LogP contribution in [-0.4, -0.2) is 42.0 Å². The number of nitrogens with one attached hydrogen (secondary N) is 1. The molecule has 2 aromatic rings. The highest BCUT2D eigenvalue weighted by atomic mass is 35.5. The number of urea groups is 1. The molecule has 0 spiro atoms. The van der Waals surface area contributed by atoms with Gasteiger partial charge in [-0.25, -0.2) is 4.79 Å². The maximum atomic E-state index is 12.4. The van der Waals surface area contributed by atoms with E-state index in [1.54, 1.807) is 11.3 Å². The summed E-state index contributed by atoms with van der Waals surface area (Å²) in [5.74, 6) is 0. The fourth-order valence-electron chi connectivity index (χ4n) is 2.67. The molecule has 2 amide bonds. The van der Waals surface area contributed by atoms with Crippen LogP contribution in [0.4, 0.5) is 10.5 Å². The minimum absolute atomic E-state index is 0.0156. The van der Waals surface area contributed by atoms with Gasteiger partial charge in [-0.15, -0.1) is 11.3 Å². The zero-order valence-corrected chi connectivity index (χ0v) is 14.7. The fourth-order valence-corrected chi connectivity index (χ4v) is 3.80. The van der Waals surface area contributed by atoms with Crippen LogP contribution in [0.5, 0.6) is 0 Å². The summed E-state index contributed by atoms with van der Waals surface area (Å²) in [5, 5.41) is 3.00. The van der Waals surface area contributed by atoms with E-state index in [9.17, 15) is 4.79 Å². The molecule has 0 saturated carbocycles. The van der Waals surface area contributed by atoms with Gasteiger partial charge in [-0.1, -0.05) is 29.8 Å². The van der Waals surface area contributed by atoms with Gasteiger partial charge in [0.05, 0.1) is 4.34 Å². The summed E-state index contributed by atoms with van der Waals surface area (Å²) in [7, 11) is 0. The number of rotatable bonds is 3. The number of anilines is 1. The second-order valence-electron chi connectivity index (χ2n) is 5.71. The number of piperazine rings is 1. The van der Waals surface area contributed by atoms with E-state index in [1.165, 1.54) is 4.88 Å². The van der Waals surface area contributed by atoms with E-state index in [1.807, 2.05) is 42.2 Å². The van der Waals surface area contributed by atoms with Gasteiger partial charge in [0.1, 0.15) is 0 Å². The summed E-state index contributed by atoms with van der Waals surface area (Å²) in [6.45, 7) is 6.17. The standard InChI is InChI=1S/C17H20ClN3OS/c1-13-4-2-3-5-15(13)19-17(22)21-10-8-20(9-11-21)12-14-6-7-16(18)23-14/h2-7H,8-12H2,1H3,(H,19,22). The van der Waals surface area contributed by atoms with Crippen LogP contribution in [0.2, 0.25) is 4.34 Å². The Kier molecular flexibility index (Phi) is 5.20. The van der Waals surface area contributed by atoms with Crippen LogP contribution in [0.25, 0.3) is 0 Å². The van der Waals surface area contributed by atoms with Gasteiger partial charge < -0.3 is 10.2 Å². The molecular weight excluding hydrogens is 330 g/mol. The summed E-state index contributed by atoms with van der Waals surface area (Å²) < 4.78 is 0.830. The third kappa shape index (κ3) is 4.25. The minimum Gasteiger partial charge on any atom is -0.322 e.